The maximum atomic E-state index is 9.85. The molecule has 0 rings (SSSR count). The lowest BCUT2D eigenvalue weighted by atomic mass is 11.4. The summed E-state index contributed by atoms with van der Waals surface area (Å²) in [4.78, 5) is 0.225. The first-order valence-corrected chi connectivity index (χ1v) is 1.76. The number of rotatable bonds is 1. The quantitative estimate of drug-likeness (QED) is 0.251. The largest absolute Gasteiger partial charge is 0.602 e. The standard InChI is InChI=1S/C2H7N3O2/c1-4(6)3-5(2)7/h4H,1-2H3/b5-3-. The van der Waals surface area contributed by atoms with Crippen LogP contribution in [0.2, 0.25) is 0 Å². The second-order valence-corrected chi connectivity index (χ2v) is 1.08. The molecule has 1 atom stereocenters. The molecule has 7 heavy (non-hydrogen) atoms. The zero-order valence-electron chi connectivity index (χ0n) is 4.21. The van der Waals surface area contributed by atoms with Crippen molar-refractivity contribution in [3.63, 3.8) is 0 Å². The fourth-order valence-electron chi connectivity index (χ4n) is 0.198. The third-order valence-electron chi connectivity index (χ3n) is 0.282. The maximum Gasteiger partial charge on any atom is 0.189 e. The Balaban J connectivity index is 3.45. The molecule has 0 spiro atoms. The van der Waals surface area contributed by atoms with Crippen LogP contribution >= 0.6 is 0 Å². The summed E-state index contributed by atoms with van der Waals surface area (Å²) in [7, 11) is 2.37. The van der Waals surface area contributed by atoms with E-state index in [9.17, 15) is 10.4 Å². The Morgan fingerprint density at radius 1 is 1.71 bits per heavy atom. The van der Waals surface area contributed by atoms with Crippen molar-refractivity contribution >= 4 is 0 Å². The monoisotopic (exact) mass is 105 g/mol. The topological polar surface area (TPSA) is 65.9 Å². The molecular weight excluding hydrogens is 98.0 g/mol. The number of quaternary nitrogens is 1. The SMILES string of the molecule is C/[N+]([O-])=N/[NH+](C)[O-]. The van der Waals surface area contributed by atoms with Crippen LogP contribution in [-0.4, -0.2) is 19.0 Å². The van der Waals surface area contributed by atoms with Gasteiger partial charge in [0, 0.05) is 0 Å². The molecule has 0 amide bonds. The summed E-state index contributed by atoms with van der Waals surface area (Å²) >= 11 is 0. The van der Waals surface area contributed by atoms with E-state index < -0.39 is 5.17 Å². The van der Waals surface area contributed by atoms with E-state index in [4.69, 9.17) is 0 Å². The van der Waals surface area contributed by atoms with Crippen molar-refractivity contribution in [3.05, 3.63) is 10.4 Å². The molecule has 5 nitrogen and oxygen atoms in total. The molecule has 0 heterocycles. The van der Waals surface area contributed by atoms with Gasteiger partial charge in [-0.2, -0.15) is 5.17 Å². The van der Waals surface area contributed by atoms with E-state index in [1.165, 1.54) is 7.05 Å². The summed E-state index contributed by atoms with van der Waals surface area (Å²) in [6, 6.07) is 0. The average molecular weight is 105 g/mol. The van der Waals surface area contributed by atoms with Crippen LogP contribution in [0.4, 0.5) is 0 Å². The summed E-state index contributed by atoms with van der Waals surface area (Å²) in [6.07, 6.45) is 0. The predicted molar refractivity (Wildman–Crippen MR) is 22.2 cm³/mol. The van der Waals surface area contributed by atoms with Crippen LogP contribution in [0.5, 0.6) is 0 Å². The molecule has 42 valence electrons. The Morgan fingerprint density at radius 3 is 2.14 bits per heavy atom. The molecule has 0 aromatic rings. The number of hydrogen-bond acceptors (Lipinski definition) is 3. The lowest BCUT2D eigenvalue weighted by Gasteiger charge is -2.01. The van der Waals surface area contributed by atoms with Gasteiger partial charge in [-0.05, 0) is 4.86 Å². The predicted octanol–water partition coefficient (Wildman–Crippen LogP) is -1.49. The highest BCUT2D eigenvalue weighted by molar-refractivity contribution is 3.90. The van der Waals surface area contributed by atoms with Gasteiger partial charge in [0.25, 0.3) is 0 Å². The molecule has 5 heteroatoms. The minimum Gasteiger partial charge on any atom is -0.602 e. The summed E-state index contributed by atoms with van der Waals surface area (Å²) in [5, 5.41) is 22.1. The Morgan fingerprint density at radius 2 is 2.14 bits per heavy atom. The maximum absolute atomic E-state index is 9.85. The van der Waals surface area contributed by atoms with Crippen molar-refractivity contribution in [1.29, 1.82) is 0 Å². The van der Waals surface area contributed by atoms with E-state index in [0.717, 1.165) is 7.05 Å². The van der Waals surface area contributed by atoms with E-state index in [0.29, 0.717) is 0 Å². The van der Waals surface area contributed by atoms with Gasteiger partial charge in [0.05, 0.1) is 7.05 Å². The molecule has 0 saturated carbocycles. The summed E-state index contributed by atoms with van der Waals surface area (Å²) in [5.74, 6) is 0. The third-order valence-corrected chi connectivity index (χ3v) is 0.282. The van der Waals surface area contributed by atoms with Crippen molar-refractivity contribution < 1.29 is 10.0 Å². The fourth-order valence-corrected chi connectivity index (χ4v) is 0.198. The van der Waals surface area contributed by atoms with Crippen molar-refractivity contribution in [2.24, 2.45) is 5.22 Å². The van der Waals surface area contributed by atoms with Gasteiger partial charge in [-0.15, -0.1) is 0 Å². The van der Waals surface area contributed by atoms with Crippen molar-refractivity contribution in [1.82, 2.24) is 0 Å². The minimum atomic E-state index is -0.475. The highest BCUT2D eigenvalue weighted by atomic mass is 16.6. The summed E-state index contributed by atoms with van der Waals surface area (Å²) in [6.45, 7) is 0. The number of hydroxylamine groups is 2. The average Bonchev–Trinajstić information content (AvgIpc) is 1.27. The fraction of sp³-hybridized carbons (Fsp3) is 1.00. The summed E-state index contributed by atoms with van der Waals surface area (Å²) in [5.41, 5.74) is 0. The first-order chi connectivity index (χ1) is 3.13. The normalized spacial score (nSPS) is 16.7. The van der Waals surface area contributed by atoms with Crippen LogP contribution in [0, 0.1) is 10.4 Å². The van der Waals surface area contributed by atoms with Crippen LogP contribution in [-0.2, 0) is 0 Å². The molecule has 0 fully saturated rings. The van der Waals surface area contributed by atoms with Crippen LogP contribution < -0.4 is 5.17 Å². The van der Waals surface area contributed by atoms with Gasteiger partial charge < -0.3 is 10.4 Å². The van der Waals surface area contributed by atoms with Gasteiger partial charge in [-0.25, -0.2) is 0 Å². The van der Waals surface area contributed by atoms with Crippen molar-refractivity contribution in [2.75, 3.05) is 14.1 Å². The number of nitrogens with one attached hydrogen (secondary N) is 1. The lowest BCUT2D eigenvalue weighted by molar-refractivity contribution is -0.898. The first kappa shape index (κ1) is 6.32. The van der Waals surface area contributed by atoms with Crippen molar-refractivity contribution in [3.8, 4) is 0 Å². The molecule has 0 bridgehead atoms. The Labute approximate surface area is 41.0 Å². The van der Waals surface area contributed by atoms with Crippen LogP contribution in [0.1, 0.15) is 0 Å². The molecule has 1 N–H and O–H groups in total. The Hall–Kier alpha value is -0.680. The molecule has 0 aliphatic rings. The van der Waals surface area contributed by atoms with E-state index in [1.54, 1.807) is 0 Å². The molecule has 0 saturated heterocycles. The molecule has 1 unspecified atom stereocenters. The van der Waals surface area contributed by atoms with Crippen LogP contribution in [0.15, 0.2) is 5.22 Å². The van der Waals surface area contributed by atoms with Gasteiger partial charge in [0.15, 0.2) is 12.3 Å². The van der Waals surface area contributed by atoms with E-state index in [-0.39, 0.29) is 4.86 Å². The third kappa shape index (κ3) is 5.32. The van der Waals surface area contributed by atoms with E-state index >= 15 is 0 Å². The Bertz CT molecular complexity index is 75.0. The molecule has 0 aliphatic carbocycles. The first-order valence-electron chi connectivity index (χ1n) is 1.76. The van der Waals surface area contributed by atoms with Gasteiger partial charge >= 0.3 is 0 Å². The second-order valence-electron chi connectivity index (χ2n) is 1.08. The molecule has 0 aromatic carbocycles. The molecular formula is C2H7N3O2. The molecule has 0 aromatic heterocycles. The van der Waals surface area contributed by atoms with Gasteiger partial charge in [0.1, 0.15) is 0 Å². The van der Waals surface area contributed by atoms with Crippen LogP contribution in [0.3, 0.4) is 0 Å². The summed E-state index contributed by atoms with van der Waals surface area (Å²) < 4.78 is 0. The second kappa shape index (κ2) is 2.49. The molecule has 0 aliphatic heterocycles. The van der Waals surface area contributed by atoms with Gasteiger partial charge in [-0.3, -0.25) is 0 Å². The lowest BCUT2D eigenvalue weighted by Crippen LogP contribution is -2.98. The van der Waals surface area contributed by atoms with Gasteiger partial charge in [-0.1, -0.05) is 0 Å². The highest BCUT2D eigenvalue weighted by Gasteiger charge is 1.81. The minimum absolute atomic E-state index is 0.225. The zero-order valence-corrected chi connectivity index (χ0v) is 4.21. The smallest absolute Gasteiger partial charge is 0.189 e. The number of hydrogen-bond donors (Lipinski definition) is 1. The van der Waals surface area contributed by atoms with Crippen molar-refractivity contribution in [2.45, 2.75) is 0 Å². The van der Waals surface area contributed by atoms with Gasteiger partial charge in [0.2, 0.25) is 0 Å². The molecule has 0 radical (unpaired) electrons. The van der Waals surface area contributed by atoms with E-state index in [2.05, 4.69) is 5.22 Å². The highest BCUT2D eigenvalue weighted by Crippen LogP contribution is 1.51. The van der Waals surface area contributed by atoms with E-state index in [1.807, 2.05) is 0 Å². The van der Waals surface area contributed by atoms with Crippen LogP contribution in [0.25, 0.3) is 0 Å². The number of nitrogens with zero attached hydrogens (tertiary/aromatic N) is 2. The Kier molecular flexibility index (Phi) is 2.24. The zero-order chi connectivity index (χ0) is 5.86.